The van der Waals surface area contributed by atoms with Crippen molar-refractivity contribution in [2.75, 3.05) is 7.05 Å². The Morgan fingerprint density at radius 3 is 2.80 bits per heavy atom. The number of hydrogen-bond acceptors (Lipinski definition) is 4. The third-order valence-electron chi connectivity index (χ3n) is 3.45. The van der Waals surface area contributed by atoms with Gasteiger partial charge in [-0.3, -0.25) is 9.58 Å². The van der Waals surface area contributed by atoms with Gasteiger partial charge in [0, 0.05) is 46.1 Å². The smallest absolute Gasteiger partial charge is 0.0538 e. The molecule has 0 aliphatic rings. The Bertz CT molecular complexity index is 551. The lowest BCUT2D eigenvalue weighted by molar-refractivity contribution is 0.203. The summed E-state index contributed by atoms with van der Waals surface area (Å²) in [7, 11) is 4.06. The number of thiophene rings is 1. The molecule has 2 aromatic heterocycles. The molecule has 0 aromatic carbocycles. The van der Waals surface area contributed by atoms with Crippen molar-refractivity contribution in [1.29, 1.82) is 0 Å². The summed E-state index contributed by atoms with van der Waals surface area (Å²) >= 11 is 5.27. The van der Waals surface area contributed by atoms with Crippen LogP contribution in [0.2, 0.25) is 0 Å². The molecule has 4 nitrogen and oxygen atoms in total. The second-order valence-corrected chi connectivity index (χ2v) is 7.02. The highest BCUT2D eigenvalue weighted by Gasteiger charge is 2.24. The van der Waals surface area contributed by atoms with Crippen molar-refractivity contribution >= 4 is 27.3 Å². The zero-order valence-corrected chi connectivity index (χ0v) is 14.5. The van der Waals surface area contributed by atoms with E-state index >= 15 is 0 Å². The van der Waals surface area contributed by atoms with Crippen LogP contribution in [0.3, 0.4) is 0 Å². The highest BCUT2D eigenvalue weighted by Crippen LogP contribution is 2.27. The molecule has 2 rings (SSSR count). The molecular weight excluding hydrogens is 336 g/mol. The van der Waals surface area contributed by atoms with E-state index in [4.69, 9.17) is 5.73 Å². The predicted molar refractivity (Wildman–Crippen MR) is 87.7 cm³/mol. The molecule has 0 saturated heterocycles. The molecule has 0 radical (unpaired) electrons. The lowest BCUT2D eigenvalue weighted by Gasteiger charge is -2.31. The zero-order chi connectivity index (χ0) is 14.7. The summed E-state index contributed by atoms with van der Waals surface area (Å²) in [4.78, 5) is 3.64. The van der Waals surface area contributed by atoms with Gasteiger partial charge < -0.3 is 5.73 Å². The zero-order valence-electron chi connectivity index (χ0n) is 12.1. The minimum absolute atomic E-state index is 0.104. The fourth-order valence-corrected chi connectivity index (χ4v) is 3.94. The van der Waals surface area contributed by atoms with Crippen molar-refractivity contribution in [2.24, 2.45) is 12.8 Å². The molecule has 0 spiro atoms. The first-order valence-electron chi connectivity index (χ1n) is 6.68. The number of nitrogens with zero attached hydrogens (tertiary/aromatic N) is 3. The van der Waals surface area contributed by atoms with Gasteiger partial charge in [-0.05, 0) is 35.5 Å². The minimum atomic E-state index is 0.104. The van der Waals surface area contributed by atoms with E-state index in [0.717, 1.165) is 17.4 Å². The first-order chi connectivity index (χ1) is 9.51. The van der Waals surface area contributed by atoms with E-state index in [0.29, 0.717) is 0 Å². The van der Waals surface area contributed by atoms with Gasteiger partial charge in [0.2, 0.25) is 0 Å². The lowest BCUT2D eigenvalue weighted by Crippen LogP contribution is -2.38. The Morgan fingerprint density at radius 2 is 2.30 bits per heavy atom. The maximum absolute atomic E-state index is 6.33. The number of halogens is 1. The molecule has 2 aromatic rings. The first-order valence-corrected chi connectivity index (χ1v) is 8.35. The third-order valence-corrected chi connectivity index (χ3v) is 5.13. The molecule has 110 valence electrons. The summed E-state index contributed by atoms with van der Waals surface area (Å²) in [6, 6.07) is 2.46. The van der Waals surface area contributed by atoms with Crippen LogP contribution in [0.1, 0.15) is 29.8 Å². The largest absolute Gasteiger partial charge is 0.326 e. The Morgan fingerprint density at radius 1 is 1.55 bits per heavy atom. The van der Waals surface area contributed by atoms with Gasteiger partial charge in [0.05, 0.1) is 12.2 Å². The molecule has 0 saturated carbocycles. The average Bonchev–Trinajstić information content (AvgIpc) is 2.99. The SMILES string of the molecule is CCC(N)C(c1cnn(C)c1)N(C)Cc1cc(Br)cs1. The summed E-state index contributed by atoms with van der Waals surface area (Å²) in [5.74, 6) is 0. The summed E-state index contributed by atoms with van der Waals surface area (Å²) in [5.41, 5.74) is 7.51. The van der Waals surface area contributed by atoms with Crippen LogP contribution in [0.15, 0.2) is 28.3 Å². The lowest BCUT2D eigenvalue weighted by atomic mass is 9.99. The second kappa shape index (κ2) is 6.85. The van der Waals surface area contributed by atoms with Gasteiger partial charge in [-0.15, -0.1) is 11.3 Å². The van der Waals surface area contributed by atoms with Gasteiger partial charge in [-0.25, -0.2) is 0 Å². The molecule has 0 bridgehead atoms. The molecule has 0 fully saturated rings. The highest BCUT2D eigenvalue weighted by atomic mass is 79.9. The Balaban J connectivity index is 2.17. The minimum Gasteiger partial charge on any atom is -0.326 e. The van der Waals surface area contributed by atoms with Crippen LogP contribution in [0.25, 0.3) is 0 Å². The van der Waals surface area contributed by atoms with Gasteiger partial charge in [0.15, 0.2) is 0 Å². The highest BCUT2D eigenvalue weighted by molar-refractivity contribution is 9.10. The number of nitrogens with two attached hydrogens (primary N) is 1. The predicted octanol–water partition coefficient (Wildman–Crippen LogP) is 3.15. The topological polar surface area (TPSA) is 47.1 Å². The average molecular weight is 357 g/mol. The fourth-order valence-electron chi connectivity index (χ4n) is 2.43. The summed E-state index contributed by atoms with van der Waals surface area (Å²) in [6.45, 7) is 3.02. The van der Waals surface area contributed by atoms with Crippen molar-refractivity contribution in [3.8, 4) is 0 Å². The monoisotopic (exact) mass is 356 g/mol. The summed E-state index contributed by atoms with van der Waals surface area (Å²) in [5, 5.41) is 6.39. The third kappa shape index (κ3) is 3.69. The maximum Gasteiger partial charge on any atom is 0.0538 e. The van der Waals surface area contributed by atoms with E-state index < -0.39 is 0 Å². The van der Waals surface area contributed by atoms with E-state index in [1.165, 1.54) is 10.4 Å². The number of rotatable bonds is 6. The molecule has 0 aliphatic heterocycles. The van der Waals surface area contributed by atoms with Gasteiger partial charge in [0.25, 0.3) is 0 Å². The van der Waals surface area contributed by atoms with Crippen molar-refractivity contribution in [1.82, 2.24) is 14.7 Å². The van der Waals surface area contributed by atoms with Gasteiger partial charge in [-0.2, -0.15) is 5.10 Å². The van der Waals surface area contributed by atoms with Gasteiger partial charge in [-0.1, -0.05) is 6.92 Å². The molecule has 2 unspecified atom stereocenters. The van der Waals surface area contributed by atoms with Crippen molar-refractivity contribution in [3.63, 3.8) is 0 Å². The van der Waals surface area contributed by atoms with Gasteiger partial charge >= 0.3 is 0 Å². The molecule has 2 heterocycles. The summed E-state index contributed by atoms with van der Waals surface area (Å²) < 4.78 is 2.98. The molecule has 20 heavy (non-hydrogen) atoms. The molecule has 6 heteroatoms. The Hall–Kier alpha value is -0.690. The number of aromatic nitrogens is 2. The van der Waals surface area contributed by atoms with Crippen LogP contribution in [-0.2, 0) is 13.6 Å². The van der Waals surface area contributed by atoms with Crippen LogP contribution < -0.4 is 5.73 Å². The van der Waals surface area contributed by atoms with Gasteiger partial charge in [0.1, 0.15) is 0 Å². The van der Waals surface area contributed by atoms with Crippen LogP contribution in [0, 0.1) is 0 Å². The van der Waals surface area contributed by atoms with Crippen LogP contribution in [0.5, 0.6) is 0 Å². The number of aryl methyl sites for hydroxylation is 1. The van der Waals surface area contributed by atoms with Crippen LogP contribution >= 0.6 is 27.3 Å². The second-order valence-electron chi connectivity index (χ2n) is 5.11. The Kier molecular flexibility index (Phi) is 5.37. The molecule has 2 N–H and O–H groups in total. The molecule has 0 amide bonds. The standard InChI is InChI=1S/C14H21BrN4S/c1-4-13(16)14(10-6-17-19(3)7-10)18(2)8-12-5-11(15)9-20-12/h5-7,9,13-14H,4,8,16H2,1-3H3. The normalized spacial score (nSPS) is 14.7. The van der Waals surface area contributed by atoms with Crippen molar-refractivity contribution in [2.45, 2.75) is 32.0 Å². The van der Waals surface area contributed by atoms with Crippen LogP contribution in [0.4, 0.5) is 0 Å². The van der Waals surface area contributed by atoms with E-state index in [-0.39, 0.29) is 12.1 Å². The molecular formula is C14H21BrN4S. The van der Waals surface area contributed by atoms with E-state index in [2.05, 4.69) is 57.5 Å². The molecule has 0 aliphatic carbocycles. The fraction of sp³-hybridized carbons (Fsp3) is 0.500. The quantitative estimate of drug-likeness (QED) is 0.864. The summed E-state index contributed by atoms with van der Waals surface area (Å²) in [6.07, 6.45) is 4.92. The molecule has 2 atom stereocenters. The van der Waals surface area contributed by atoms with E-state index in [1.807, 2.05) is 17.9 Å². The van der Waals surface area contributed by atoms with Crippen molar-refractivity contribution < 1.29 is 0 Å². The first kappa shape index (κ1) is 15.7. The van der Waals surface area contributed by atoms with E-state index in [1.54, 1.807) is 11.3 Å². The number of hydrogen-bond donors (Lipinski definition) is 1. The Labute approximate surface area is 132 Å². The van der Waals surface area contributed by atoms with Crippen LogP contribution in [-0.4, -0.2) is 27.8 Å². The number of likely N-dealkylation sites (N-methyl/N-ethyl adjacent to an activating group) is 1. The maximum atomic E-state index is 6.33. The van der Waals surface area contributed by atoms with Crippen molar-refractivity contribution in [3.05, 3.63) is 38.8 Å². The van der Waals surface area contributed by atoms with E-state index in [9.17, 15) is 0 Å².